The number of rotatable bonds is 8. The number of carbonyl (C=O) groups is 1. The van der Waals surface area contributed by atoms with Gasteiger partial charge in [0.2, 0.25) is 5.95 Å². The van der Waals surface area contributed by atoms with Gasteiger partial charge in [0, 0.05) is 18.2 Å². The highest BCUT2D eigenvalue weighted by Gasteiger charge is 2.34. The molecular formula is C30H41N3O3. The van der Waals surface area contributed by atoms with Crippen LogP contribution in [0, 0.1) is 18.3 Å². The number of aryl methyl sites for hydroxylation is 2. The van der Waals surface area contributed by atoms with Crippen molar-refractivity contribution >= 4 is 28.6 Å². The van der Waals surface area contributed by atoms with Crippen LogP contribution in [0.2, 0.25) is 0 Å². The van der Waals surface area contributed by atoms with Gasteiger partial charge in [0.05, 0.1) is 24.2 Å². The second-order valence-electron chi connectivity index (χ2n) is 11.5. The van der Waals surface area contributed by atoms with Crippen molar-refractivity contribution in [3.05, 3.63) is 47.5 Å². The highest BCUT2D eigenvalue weighted by Crippen LogP contribution is 2.46. The number of ether oxygens (including phenoxy) is 2. The maximum absolute atomic E-state index is 11.7. The van der Waals surface area contributed by atoms with Crippen LogP contribution in [-0.4, -0.2) is 28.7 Å². The van der Waals surface area contributed by atoms with Gasteiger partial charge in [0.25, 0.3) is 0 Å². The van der Waals surface area contributed by atoms with Gasteiger partial charge in [-0.15, -0.1) is 0 Å². The second-order valence-corrected chi connectivity index (χ2v) is 11.5. The fourth-order valence-electron chi connectivity index (χ4n) is 5.87. The molecule has 2 atom stereocenters. The highest BCUT2D eigenvalue weighted by molar-refractivity contribution is 5.82. The number of methoxy groups -OCH3 is 1. The molecule has 194 valence electrons. The number of esters is 1. The zero-order valence-electron chi connectivity index (χ0n) is 22.9. The topological polar surface area (TPSA) is 65.4 Å². The van der Waals surface area contributed by atoms with Crippen molar-refractivity contribution in [2.45, 2.75) is 85.8 Å². The Labute approximate surface area is 215 Å². The third-order valence-corrected chi connectivity index (χ3v) is 7.18. The fraction of sp³-hybridized carbons (Fsp3) is 0.533. The molecule has 1 fully saturated rings. The molecule has 0 bridgehead atoms. The predicted molar refractivity (Wildman–Crippen MR) is 146 cm³/mol. The normalized spacial score (nSPS) is 19.4. The van der Waals surface area contributed by atoms with E-state index in [1.54, 1.807) is 0 Å². The van der Waals surface area contributed by atoms with Gasteiger partial charge in [-0.3, -0.25) is 4.79 Å². The summed E-state index contributed by atoms with van der Waals surface area (Å²) in [4.78, 5) is 16.8. The molecule has 1 saturated carbocycles. The number of benzene rings is 2. The maximum atomic E-state index is 11.7. The molecule has 3 aromatic rings. The molecule has 6 nitrogen and oxygen atoms in total. The van der Waals surface area contributed by atoms with Crippen LogP contribution in [0.5, 0.6) is 5.75 Å². The van der Waals surface area contributed by atoms with E-state index in [2.05, 4.69) is 49.7 Å². The molecule has 0 saturated heterocycles. The van der Waals surface area contributed by atoms with Crippen molar-refractivity contribution in [1.29, 1.82) is 0 Å². The minimum absolute atomic E-state index is 0.140. The second kappa shape index (κ2) is 10.5. The number of nitrogens with zero attached hydrogens (tertiary/aromatic N) is 2. The molecule has 0 radical (unpaired) electrons. The van der Waals surface area contributed by atoms with Gasteiger partial charge in [-0.2, -0.15) is 0 Å². The summed E-state index contributed by atoms with van der Waals surface area (Å²) in [6, 6.07) is 12.8. The van der Waals surface area contributed by atoms with Crippen molar-refractivity contribution in [2.75, 3.05) is 12.4 Å². The quantitative estimate of drug-likeness (QED) is 0.333. The summed E-state index contributed by atoms with van der Waals surface area (Å²) in [5.74, 6) is 2.18. The average molecular weight is 492 g/mol. The van der Waals surface area contributed by atoms with Crippen LogP contribution >= 0.6 is 0 Å². The molecular weight excluding hydrogens is 450 g/mol. The first-order chi connectivity index (χ1) is 17.0. The molecule has 1 aliphatic carbocycles. The molecule has 0 spiro atoms. The molecule has 4 rings (SSSR count). The van der Waals surface area contributed by atoms with Gasteiger partial charge < -0.3 is 19.4 Å². The number of imidazole rings is 1. The zero-order valence-corrected chi connectivity index (χ0v) is 22.9. The largest absolute Gasteiger partial charge is 0.491 e. The minimum Gasteiger partial charge on any atom is -0.491 e. The molecule has 1 aromatic heterocycles. The van der Waals surface area contributed by atoms with Crippen LogP contribution in [-0.2, 0) is 16.0 Å². The Kier molecular flexibility index (Phi) is 7.62. The maximum Gasteiger partial charge on any atom is 0.305 e. The van der Waals surface area contributed by atoms with E-state index in [0.717, 1.165) is 46.8 Å². The summed E-state index contributed by atoms with van der Waals surface area (Å²) in [6.45, 7) is 13.3. The third kappa shape index (κ3) is 6.03. The van der Waals surface area contributed by atoms with Gasteiger partial charge in [0.1, 0.15) is 5.75 Å². The van der Waals surface area contributed by atoms with Crippen molar-refractivity contribution in [2.24, 2.45) is 11.3 Å². The highest BCUT2D eigenvalue weighted by atomic mass is 16.5. The monoisotopic (exact) mass is 491 g/mol. The van der Waals surface area contributed by atoms with Crippen molar-refractivity contribution in [1.82, 2.24) is 9.55 Å². The van der Waals surface area contributed by atoms with Crippen LogP contribution in [0.15, 0.2) is 36.4 Å². The first kappa shape index (κ1) is 26.1. The molecule has 2 aromatic carbocycles. The molecule has 0 aliphatic heterocycles. The van der Waals surface area contributed by atoms with Gasteiger partial charge in [-0.05, 0) is 105 Å². The SMILES string of the molecule is COC(=O)CCc1cc2nc(Nc3ccc(OC(C)C)cc3)n([C@H]3C[C@@H](C)CC(C)(C)C3)c2cc1C. The van der Waals surface area contributed by atoms with E-state index < -0.39 is 0 Å². The summed E-state index contributed by atoms with van der Waals surface area (Å²) in [5, 5.41) is 3.60. The van der Waals surface area contributed by atoms with E-state index in [0.29, 0.717) is 24.8 Å². The standard InChI is InChI=1S/C30H41N3O3/c1-19(2)36-25-11-9-23(10-12-25)31-29-32-26-16-22(8-13-28(34)35-7)21(4)15-27(26)33(29)24-14-20(3)17-30(5,6)18-24/h9-12,15-16,19-20,24H,8,13-14,17-18H2,1-7H3,(H,31,32)/t20-,24+/m1/s1. The number of aromatic nitrogens is 2. The summed E-state index contributed by atoms with van der Waals surface area (Å²) in [6.07, 6.45) is 4.65. The summed E-state index contributed by atoms with van der Waals surface area (Å²) in [5.41, 5.74) is 5.68. The number of fused-ring (bicyclic) bond motifs is 1. The lowest BCUT2D eigenvalue weighted by molar-refractivity contribution is -0.140. The van der Waals surface area contributed by atoms with Crippen molar-refractivity contribution in [3.63, 3.8) is 0 Å². The Morgan fingerprint density at radius 2 is 1.92 bits per heavy atom. The summed E-state index contributed by atoms with van der Waals surface area (Å²) >= 11 is 0. The Morgan fingerprint density at radius 3 is 2.56 bits per heavy atom. The molecule has 1 aliphatic rings. The lowest BCUT2D eigenvalue weighted by Crippen LogP contribution is -2.29. The van der Waals surface area contributed by atoms with Crippen LogP contribution in [0.25, 0.3) is 11.0 Å². The first-order valence-corrected chi connectivity index (χ1v) is 13.2. The number of nitrogens with one attached hydrogen (secondary N) is 1. The first-order valence-electron chi connectivity index (χ1n) is 13.2. The Morgan fingerprint density at radius 1 is 1.19 bits per heavy atom. The van der Waals surface area contributed by atoms with Crippen molar-refractivity contribution in [3.8, 4) is 5.75 Å². The van der Waals surface area contributed by atoms with Crippen LogP contribution < -0.4 is 10.1 Å². The van der Waals surface area contributed by atoms with E-state index in [1.165, 1.54) is 19.1 Å². The predicted octanol–water partition coefficient (Wildman–Crippen LogP) is 7.37. The van der Waals surface area contributed by atoms with Crippen LogP contribution in [0.1, 0.15) is 77.5 Å². The van der Waals surface area contributed by atoms with Crippen LogP contribution in [0.4, 0.5) is 11.6 Å². The number of carbonyl (C=O) groups excluding carboxylic acids is 1. The lowest BCUT2D eigenvalue weighted by Gasteiger charge is -2.40. The van der Waals surface area contributed by atoms with E-state index in [9.17, 15) is 4.79 Å². The third-order valence-electron chi connectivity index (χ3n) is 7.18. The smallest absolute Gasteiger partial charge is 0.305 e. The molecule has 0 amide bonds. The molecule has 0 unspecified atom stereocenters. The average Bonchev–Trinajstić information content (AvgIpc) is 3.13. The molecule has 36 heavy (non-hydrogen) atoms. The Balaban J connectivity index is 1.73. The molecule has 1 heterocycles. The number of anilines is 2. The lowest BCUT2D eigenvalue weighted by atomic mass is 9.70. The van der Waals surface area contributed by atoms with E-state index in [1.807, 2.05) is 38.1 Å². The van der Waals surface area contributed by atoms with E-state index in [4.69, 9.17) is 14.5 Å². The van der Waals surface area contributed by atoms with Gasteiger partial charge in [-0.25, -0.2) is 4.98 Å². The summed E-state index contributed by atoms with van der Waals surface area (Å²) < 4.78 is 13.1. The van der Waals surface area contributed by atoms with Gasteiger partial charge >= 0.3 is 5.97 Å². The molecule has 1 N–H and O–H groups in total. The van der Waals surface area contributed by atoms with E-state index >= 15 is 0 Å². The van der Waals surface area contributed by atoms with Gasteiger partial charge in [0.15, 0.2) is 0 Å². The Bertz CT molecular complexity index is 1210. The minimum atomic E-state index is -0.189. The van der Waals surface area contributed by atoms with E-state index in [-0.39, 0.29) is 17.5 Å². The van der Waals surface area contributed by atoms with Crippen LogP contribution in [0.3, 0.4) is 0 Å². The molecule has 6 heteroatoms. The number of hydrogen-bond acceptors (Lipinski definition) is 5. The van der Waals surface area contributed by atoms with Gasteiger partial charge in [-0.1, -0.05) is 20.8 Å². The zero-order chi connectivity index (χ0) is 26.0. The van der Waals surface area contributed by atoms with Crippen molar-refractivity contribution < 1.29 is 14.3 Å². The summed E-state index contributed by atoms with van der Waals surface area (Å²) in [7, 11) is 1.44. The number of hydrogen-bond donors (Lipinski definition) is 1. The Hall–Kier alpha value is -3.02. The fourth-order valence-corrected chi connectivity index (χ4v) is 5.87.